The molecule has 19 heavy (non-hydrogen) atoms. The zero-order valence-electron chi connectivity index (χ0n) is 10.8. The summed E-state index contributed by atoms with van der Waals surface area (Å²) in [6.07, 6.45) is 0. The van der Waals surface area contributed by atoms with Crippen molar-refractivity contribution in [3.8, 4) is 0 Å². The van der Waals surface area contributed by atoms with Crippen molar-refractivity contribution >= 4 is 23.2 Å². The second kappa shape index (κ2) is 4.93. The average molecular weight is 281 g/mol. The van der Waals surface area contributed by atoms with Crippen LogP contribution in [0.4, 0.5) is 5.69 Å². The third-order valence-corrected chi connectivity index (χ3v) is 3.32. The number of halogens is 1. The first-order chi connectivity index (χ1) is 8.90. The predicted molar refractivity (Wildman–Crippen MR) is 72.8 cm³/mol. The summed E-state index contributed by atoms with van der Waals surface area (Å²) in [5.74, 6) is -0.508. The molecule has 0 aliphatic heterocycles. The molecule has 0 saturated carbocycles. The van der Waals surface area contributed by atoms with Crippen LogP contribution in [0, 0.1) is 13.8 Å². The molecule has 0 atom stereocenters. The van der Waals surface area contributed by atoms with E-state index in [1.807, 2.05) is 6.92 Å². The number of amides is 1. The Hall–Kier alpha value is -2.01. The summed E-state index contributed by atoms with van der Waals surface area (Å²) in [6, 6.07) is 5.14. The van der Waals surface area contributed by atoms with Gasteiger partial charge in [0.15, 0.2) is 0 Å². The van der Waals surface area contributed by atoms with E-state index in [1.165, 1.54) is 4.74 Å². The smallest absolute Gasteiger partial charge is 0.336 e. The molecule has 2 rings (SSSR count). The quantitative estimate of drug-likeness (QED) is 0.919. The largest absolute Gasteiger partial charge is 0.370 e. The molecule has 100 valence electrons. The van der Waals surface area contributed by atoms with Crippen molar-refractivity contribution in [2.75, 3.05) is 5.32 Å². The van der Waals surface area contributed by atoms with Crippen LogP contribution in [0.15, 0.2) is 27.5 Å². The number of rotatable bonds is 2. The highest BCUT2D eigenvalue weighted by atomic mass is 35.5. The van der Waals surface area contributed by atoms with Crippen molar-refractivity contribution in [2.45, 2.75) is 13.8 Å². The molecule has 0 aliphatic rings. The number of aromatic nitrogens is 1. The lowest BCUT2D eigenvalue weighted by Crippen LogP contribution is -2.19. The Morgan fingerprint density at radius 3 is 2.58 bits per heavy atom. The first-order valence-electron chi connectivity index (χ1n) is 5.64. The van der Waals surface area contributed by atoms with Crippen LogP contribution in [0.2, 0.25) is 5.02 Å². The number of hydrogen-bond donors (Lipinski definition) is 1. The summed E-state index contributed by atoms with van der Waals surface area (Å²) >= 11 is 5.97. The van der Waals surface area contributed by atoms with Gasteiger partial charge in [0.25, 0.3) is 5.91 Å². The lowest BCUT2D eigenvalue weighted by Gasteiger charge is -2.05. The number of aryl methyl sites for hydroxylation is 2. The SMILES string of the molecule is Cc1ccc(NC(=O)c2c(C)n(C)oc2=O)cc1Cl. The first kappa shape index (κ1) is 13.4. The van der Waals surface area contributed by atoms with Crippen molar-refractivity contribution < 1.29 is 9.32 Å². The maximum atomic E-state index is 12.0. The Labute approximate surface area is 114 Å². The van der Waals surface area contributed by atoms with E-state index in [1.54, 1.807) is 32.2 Å². The van der Waals surface area contributed by atoms with E-state index in [-0.39, 0.29) is 5.56 Å². The van der Waals surface area contributed by atoms with Crippen LogP contribution in [0.1, 0.15) is 21.6 Å². The van der Waals surface area contributed by atoms with Crippen LogP contribution in [-0.4, -0.2) is 10.6 Å². The second-order valence-electron chi connectivity index (χ2n) is 4.25. The molecule has 0 aliphatic carbocycles. The Morgan fingerprint density at radius 1 is 1.37 bits per heavy atom. The maximum Gasteiger partial charge on any atom is 0.370 e. The van der Waals surface area contributed by atoms with E-state index in [0.717, 1.165) is 5.56 Å². The molecule has 0 fully saturated rings. The Balaban J connectivity index is 2.31. The van der Waals surface area contributed by atoms with Crippen molar-refractivity contribution in [3.63, 3.8) is 0 Å². The van der Waals surface area contributed by atoms with Gasteiger partial charge in [-0.15, -0.1) is 0 Å². The number of carbonyl (C=O) groups is 1. The van der Waals surface area contributed by atoms with E-state index in [2.05, 4.69) is 5.32 Å². The number of nitrogens with zero attached hydrogens (tertiary/aromatic N) is 1. The maximum absolute atomic E-state index is 12.0. The molecule has 0 unspecified atom stereocenters. The van der Waals surface area contributed by atoms with Gasteiger partial charge in [-0.3, -0.25) is 4.79 Å². The molecule has 2 aromatic rings. The molecule has 1 heterocycles. The van der Waals surface area contributed by atoms with Gasteiger partial charge in [-0.25, -0.2) is 9.53 Å². The lowest BCUT2D eigenvalue weighted by molar-refractivity contribution is 0.102. The first-order valence-corrected chi connectivity index (χ1v) is 6.02. The highest BCUT2D eigenvalue weighted by Gasteiger charge is 2.19. The minimum absolute atomic E-state index is 0.000743. The third-order valence-electron chi connectivity index (χ3n) is 2.91. The van der Waals surface area contributed by atoms with Gasteiger partial charge in [0, 0.05) is 17.8 Å². The zero-order chi connectivity index (χ0) is 14.2. The van der Waals surface area contributed by atoms with Gasteiger partial charge < -0.3 is 9.84 Å². The summed E-state index contributed by atoms with van der Waals surface area (Å²) in [4.78, 5) is 23.6. The van der Waals surface area contributed by atoms with Crippen LogP contribution in [0.3, 0.4) is 0 Å². The van der Waals surface area contributed by atoms with Gasteiger partial charge in [-0.1, -0.05) is 17.7 Å². The molecule has 1 aromatic heterocycles. The molecule has 0 radical (unpaired) electrons. The highest BCUT2D eigenvalue weighted by Crippen LogP contribution is 2.20. The molecular formula is C13H13ClN2O3. The number of carbonyl (C=O) groups excluding carboxylic acids is 1. The second-order valence-corrected chi connectivity index (χ2v) is 4.66. The summed E-state index contributed by atoms with van der Waals surface area (Å²) in [6.45, 7) is 3.51. The monoisotopic (exact) mass is 280 g/mol. The van der Waals surface area contributed by atoms with Gasteiger partial charge in [-0.05, 0) is 31.5 Å². The molecule has 5 nitrogen and oxygen atoms in total. The van der Waals surface area contributed by atoms with Crippen LogP contribution >= 0.6 is 11.6 Å². The van der Waals surface area contributed by atoms with Gasteiger partial charge in [0.1, 0.15) is 5.56 Å². The van der Waals surface area contributed by atoms with E-state index in [9.17, 15) is 9.59 Å². The summed E-state index contributed by atoms with van der Waals surface area (Å²) in [5, 5.41) is 3.18. The lowest BCUT2D eigenvalue weighted by atomic mass is 10.2. The van der Waals surface area contributed by atoms with E-state index in [4.69, 9.17) is 16.1 Å². The highest BCUT2D eigenvalue weighted by molar-refractivity contribution is 6.31. The normalized spacial score (nSPS) is 10.5. The minimum Gasteiger partial charge on any atom is -0.336 e. The van der Waals surface area contributed by atoms with E-state index in [0.29, 0.717) is 16.4 Å². The Morgan fingerprint density at radius 2 is 2.05 bits per heavy atom. The zero-order valence-corrected chi connectivity index (χ0v) is 11.5. The standard InChI is InChI=1S/C13H13ClN2O3/c1-7-4-5-9(6-10(7)14)15-12(17)11-8(2)16(3)19-13(11)18/h4-6H,1-3H3,(H,15,17). The van der Waals surface area contributed by atoms with Gasteiger partial charge >= 0.3 is 5.63 Å². The van der Waals surface area contributed by atoms with Gasteiger partial charge in [0.05, 0.1) is 5.69 Å². The Bertz CT molecular complexity index is 700. The third kappa shape index (κ3) is 2.56. The van der Waals surface area contributed by atoms with Gasteiger partial charge in [0.2, 0.25) is 0 Å². The minimum atomic E-state index is -0.657. The van der Waals surface area contributed by atoms with Crippen LogP contribution in [0.5, 0.6) is 0 Å². The molecule has 6 heteroatoms. The molecule has 0 bridgehead atoms. The van der Waals surface area contributed by atoms with Crippen molar-refractivity contribution in [3.05, 3.63) is 50.5 Å². The Kier molecular flexibility index (Phi) is 3.48. The topological polar surface area (TPSA) is 64.2 Å². The fraction of sp³-hybridized carbons (Fsp3) is 0.231. The fourth-order valence-electron chi connectivity index (χ4n) is 1.66. The van der Waals surface area contributed by atoms with E-state index >= 15 is 0 Å². The molecule has 1 amide bonds. The summed E-state index contributed by atoms with van der Waals surface area (Å²) < 4.78 is 6.08. The molecular weight excluding hydrogens is 268 g/mol. The van der Waals surface area contributed by atoms with E-state index < -0.39 is 11.5 Å². The number of hydrogen-bond acceptors (Lipinski definition) is 3. The summed E-state index contributed by atoms with van der Waals surface area (Å²) in [5.41, 5.74) is 1.26. The summed E-state index contributed by atoms with van der Waals surface area (Å²) in [7, 11) is 1.57. The van der Waals surface area contributed by atoms with Crippen LogP contribution < -0.4 is 10.9 Å². The van der Waals surface area contributed by atoms with Crippen molar-refractivity contribution in [1.82, 2.24) is 4.74 Å². The van der Waals surface area contributed by atoms with Gasteiger partial charge in [-0.2, -0.15) is 0 Å². The predicted octanol–water partition coefficient (Wildman–Crippen LogP) is 2.50. The van der Waals surface area contributed by atoms with Crippen molar-refractivity contribution in [2.24, 2.45) is 7.05 Å². The average Bonchev–Trinajstić information content (AvgIpc) is 2.58. The molecule has 0 saturated heterocycles. The van der Waals surface area contributed by atoms with Crippen LogP contribution in [0.25, 0.3) is 0 Å². The number of nitrogens with one attached hydrogen (secondary N) is 1. The number of anilines is 1. The fourth-order valence-corrected chi connectivity index (χ4v) is 1.85. The van der Waals surface area contributed by atoms with Crippen molar-refractivity contribution in [1.29, 1.82) is 0 Å². The number of benzene rings is 1. The molecule has 0 spiro atoms. The van der Waals surface area contributed by atoms with Crippen LogP contribution in [-0.2, 0) is 7.05 Å². The molecule has 1 aromatic carbocycles. The molecule has 1 N–H and O–H groups in total.